The lowest BCUT2D eigenvalue weighted by Gasteiger charge is -2.43. The van der Waals surface area contributed by atoms with Gasteiger partial charge in [0.25, 0.3) is 11.8 Å². The summed E-state index contributed by atoms with van der Waals surface area (Å²) in [5.41, 5.74) is -0.150. The van der Waals surface area contributed by atoms with Gasteiger partial charge in [-0.1, -0.05) is 51.1 Å². The second-order valence-electron chi connectivity index (χ2n) is 9.59. The maximum absolute atomic E-state index is 13.1. The van der Waals surface area contributed by atoms with E-state index in [1.807, 2.05) is 30.3 Å². The number of rotatable bonds is 6. The number of urea groups is 1. The summed E-state index contributed by atoms with van der Waals surface area (Å²) in [7, 11) is 0. The molecule has 1 saturated heterocycles. The molecule has 2 fully saturated rings. The first kappa shape index (κ1) is 22.8. The van der Waals surface area contributed by atoms with Gasteiger partial charge in [0.2, 0.25) is 0 Å². The van der Waals surface area contributed by atoms with E-state index in [-0.39, 0.29) is 11.3 Å². The van der Waals surface area contributed by atoms with Crippen molar-refractivity contribution in [2.75, 3.05) is 6.54 Å². The van der Waals surface area contributed by atoms with E-state index in [0.717, 1.165) is 16.9 Å². The summed E-state index contributed by atoms with van der Waals surface area (Å²) in [5.74, 6) is -1.37. The Bertz CT molecular complexity index is 869. The smallest absolute Gasteiger partial charge is 0.327 e. The van der Waals surface area contributed by atoms with Gasteiger partial charge in [-0.2, -0.15) is 0 Å². The maximum Gasteiger partial charge on any atom is 0.327 e. The van der Waals surface area contributed by atoms with Gasteiger partial charge in [-0.25, -0.2) is 4.79 Å². The van der Waals surface area contributed by atoms with E-state index in [0.29, 0.717) is 19.4 Å². The van der Waals surface area contributed by atoms with Crippen molar-refractivity contribution in [3.8, 4) is 0 Å². The highest BCUT2D eigenvalue weighted by molar-refractivity contribution is 6.08. The predicted molar refractivity (Wildman–Crippen MR) is 114 cm³/mol. The van der Waals surface area contributed by atoms with Crippen LogP contribution in [0.5, 0.6) is 0 Å². The zero-order chi connectivity index (χ0) is 22.8. The van der Waals surface area contributed by atoms with Crippen molar-refractivity contribution in [2.24, 2.45) is 11.3 Å². The summed E-state index contributed by atoms with van der Waals surface area (Å²) < 4.78 is 5.17. The van der Waals surface area contributed by atoms with Gasteiger partial charge >= 0.3 is 12.0 Å². The molecule has 0 radical (unpaired) electrons. The molecule has 8 heteroatoms. The Kier molecular flexibility index (Phi) is 6.38. The molecule has 1 aromatic rings. The lowest BCUT2D eigenvalue weighted by atomic mass is 9.64. The normalized spacial score (nSPS) is 25.8. The van der Waals surface area contributed by atoms with Crippen molar-refractivity contribution in [3.63, 3.8) is 0 Å². The SMILES string of the molecule is C[C@H]1CC(C)(C)C[C@@]2(C1)NC(=O)N(CC(=O)O[C@@H](C)C(=O)NCc1ccccc1)C2=O. The summed E-state index contributed by atoms with van der Waals surface area (Å²) in [4.78, 5) is 51.1. The van der Waals surface area contributed by atoms with Crippen molar-refractivity contribution < 1.29 is 23.9 Å². The minimum absolute atomic E-state index is 0.0948. The molecule has 1 aliphatic heterocycles. The summed E-state index contributed by atoms with van der Waals surface area (Å²) in [5, 5.41) is 5.53. The number of hydrogen-bond donors (Lipinski definition) is 2. The van der Waals surface area contributed by atoms with Crippen molar-refractivity contribution in [3.05, 3.63) is 35.9 Å². The van der Waals surface area contributed by atoms with E-state index in [1.54, 1.807) is 0 Å². The van der Waals surface area contributed by atoms with Crippen LogP contribution in [0.25, 0.3) is 0 Å². The van der Waals surface area contributed by atoms with Crippen LogP contribution < -0.4 is 10.6 Å². The quantitative estimate of drug-likeness (QED) is 0.534. The van der Waals surface area contributed by atoms with Gasteiger partial charge in [-0.3, -0.25) is 19.3 Å². The zero-order valence-corrected chi connectivity index (χ0v) is 18.6. The van der Waals surface area contributed by atoms with Crippen LogP contribution in [-0.4, -0.2) is 46.9 Å². The molecule has 1 aliphatic carbocycles. The van der Waals surface area contributed by atoms with Gasteiger partial charge in [0.1, 0.15) is 12.1 Å². The topological polar surface area (TPSA) is 105 Å². The third kappa shape index (κ3) is 5.24. The number of ether oxygens (including phenoxy) is 1. The molecule has 31 heavy (non-hydrogen) atoms. The molecule has 1 spiro atoms. The number of nitrogens with zero attached hydrogens (tertiary/aromatic N) is 1. The van der Waals surface area contributed by atoms with E-state index in [2.05, 4.69) is 31.4 Å². The fourth-order valence-corrected chi connectivity index (χ4v) is 5.00. The number of esters is 1. The molecule has 8 nitrogen and oxygen atoms in total. The van der Waals surface area contributed by atoms with Crippen molar-refractivity contribution in [1.82, 2.24) is 15.5 Å². The highest BCUT2D eigenvalue weighted by atomic mass is 16.5. The van der Waals surface area contributed by atoms with Crippen LogP contribution in [0.15, 0.2) is 30.3 Å². The summed E-state index contributed by atoms with van der Waals surface area (Å²) >= 11 is 0. The Labute approximate surface area is 182 Å². The van der Waals surface area contributed by atoms with Gasteiger partial charge in [0.05, 0.1) is 0 Å². The predicted octanol–water partition coefficient (Wildman–Crippen LogP) is 2.37. The second kappa shape index (κ2) is 8.69. The molecule has 0 bridgehead atoms. The van der Waals surface area contributed by atoms with Gasteiger partial charge < -0.3 is 15.4 Å². The molecule has 1 heterocycles. The Balaban J connectivity index is 1.55. The zero-order valence-electron chi connectivity index (χ0n) is 18.6. The van der Waals surface area contributed by atoms with E-state index < -0.39 is 42.0 Å². The monoisotopic (exact) mass is 429 g/mol. The van der Waals surface area contributed by atoms with Crippen LogP contribution in [0.4, 0.5) is 4.79 Å². The minimum atomic E-state index is -1.04. The third-order valence-electron chi connectivity index (χ3n) is 5.90. The second-order valence-corrected chi connectivity index (χ2v) is 9.59. The Morgan fingerprint density at radius 1 is 1.23 bits per heavy atom. The Morgan fingerprint density at radius 2 is 1.90 bits per heavy atom. The summed E-state index contributed by atoms with van der Waals surface area (Å²) in [6.45, 7) is 7.47. The molecule has 2 aliphatic rings. The standard InChI is InChI=1S/C23H31N3O5/c1-15-10-22(3,4)14-23(11-15)20(29)26(21(30)25-23)13-18(27)31-16(2)19(28)24-12-17-8-6-5-7-9-17/h5-9,15-16H,10-14H2,1-4H3,(H,24,28)(H,25,30)/t15-,16-,23+/m0/s1. The molecule has 1 saturated carbocycles. The Morgan fingerprint density at radius 3 is 2.55 bits per heavy atom. The number of amides is 4. The van der Waals surface area contributed by atoms with Crippen LogP contribution >= 0.6 is 0 Å². The highest BCUT2D eigenvalue weighted by Gasteiger charge is 2.56. The van der Waals surface area contributed by atoms with Gasteiger partial charge in [0, 0.05) is 6.54 Å². The van der Waals surface area contributed by atoms with Crippen molar-refractivity contribution in [2.45, 2.75) is 65.1 Å². The summed E-state index contributed by atoms with van der Waals surface area (Å²) in [6, 6.07) is 8.77. The average molecular weight is 430 g/mol. The molecule has 168 valence electrons. The number of hydrogen-bond acceptors (Lipinski definition) is 5. The third-order valence-corrected chi connectivity index (χ3v) is 5.90. The van der Waals surface area contributed by atoms with Crippen LogP contribution in [0.1, 0.15) is 52.5 Å². The van der Waals surface area contributed by atoms with E-state index in [9.17, 15) is 19.2 Å². The maximum atomic E-state index is 13.1. The molecule has 0 aromatic heterocycles. The van der Waals surface area contributed by atoms with Crippen LogP contribution in [0, 0.1) is 11.3 Å². The van der Waals surface area contributed by atoms with Crippen LogP contribution in [0.2, 0.25) is 0 Å². The molecular weight excluding hydrogens is 398 g/mol. The molecule has 3 rings (SSSR count). The summed E-state index contributed by atoms with van der Waals surface area (Å²) in [6.07, 6.45) is 0.999. The number of benzene rings is 1. The number of carbonyl (C=O) groups excluding carboxylic acids is 4. The minimum Gasteiger partial charge on any atom is -0.451 e. The van der Waals surface area contributed by atoms with Crippen molar-refractivity contribution >= 4 is 23.8 Å². The molecule has 2 N–H and O–H groups in total. The van der Waals surface area contributed by atoms with Gasteiger partial charge in [-0.15, -0.1) is 0 Å². The number of carbonyl (C=O) groups is 4. The van der Waals surface area contributed by atoms with Crippen LogP contribution in [-0.2, 0) is 25.7 Å². The largest absolute Gasteiger partial charge is 0.451 e. The molecular formula is C23H31N3O5. The molecule has 0 unspecified atom stereocenters. The highest BCUT2D eigenvalue weighted by Crippen LogP contribution is 2.46. The van der Waals surface area contributed by atoms with Gasteiger partial charge in [0.15, 0.2) is 6.10 Å². The molecule has 4 amide bonds. The first-order valence-corrected chi connectivity index (χ1v) is 10.7. The van der Waals surface area contributed by atoms with Crippen molar-refractivity contribution in [1.29, 1.82) is 0 Å². The first-order chi connectivity index (χ1) is 14.5. The first-order valence-electron chi connectivity index (χ1n) is 10.7. The number of imide groups is 1. The van der Waals surface area contributed by atoms with Gasteiger partial charge in [-0.05, 0) is 43.1 Å². The Hall–Kier alpha value is -2.90. The van der Waals surface area contributed by atoms with E-state index in [1.165, 1.54) is 6.92 Å². The lowest BCUT2D eigenvalue weighted by molar-refractivity contribution is -0.157. The fourth-order valence-electron chi connectivity index (χ4n) is 5.00. The lowest BCUT2D eigenvalue weighted by Crippen LogP contribution is -2.54. The van der Waals surface area contributed by atoms with E-state index in [4.69, 9.17) is 4.74 Å². The molecule has 1 aromatic carbocycles. The molecule has 3 atom stereocenters. The number of nitrogens with one attached hydrogen (secondary N) is 2. The fraction of sp³-hybridized carbons (Fsp3) is 0.565. The van der Waals surface area contributed by atoms with E-state index >= 15 is 0 Å². The van der Waals surface area contributed by atoms with Crippen LogP contribution in [0.3, 0.4) is 0 Å². The average Bonchev–Trinajstić information content (AvgIpc) is 2.88.